The van der Waals surface area contributed by atoms with Crippen molar-refractivity contribution in [3.63, 3.8) is 0 Å². The first kappa shape index (κ1) is 18.9. The highest BCUT2D eigenvalue weighted by Crippen LogP contribution is 2.38. The molecule has 140 valence electrons. The molecule has 0 aromatic heterocycles. The molecule has 0 saturated heterocycles. The maximum Gasteiger partial charge on any atom is 0.267 e. The summed E-state index contributed by atoms with van der Waals surface area (Å²) in [4.78, 5) is 24.4. The fourth-order valence-corrected chi connectivity index (χ4v) is 3.76. The van der Waals surface area contributed by atoms with Gasteiger partial charge in [-0.3, -0.25) is 14.8 Å². The van der Waals surface area contributed by atoms with Crippen molar-refractivity contribution in [3.05, 3.63) is 71.8 Å². The third kappa shape index (κ3) is 4.83. The van der Waals surface area contributed by atoms with Crippen molar-refractivity contribution in [3.8, 4) is 0 Å². The number of amides is 2. The fraction of sp³-hybridized carbons (Fsp3) is 0.273. The standard InChI is InChI=1S/C22H24N2O3/c25-20(24-27)15-14-16-8-6-7-13-19(16)23-22(26)21(18-11-4-5-12-18)17-9-2-1-3-10-17/h1-3,6-10,13-15,18,21,27H,4-5,11-12H2,(H,23,26)(H,24,25). The number of para-hydroxylation sites is 1. The van der Waals surface area contributed by atoms with Crippen molar-refractivity contribution in [2.24, 2.45) is 5.92 Å². The summed E-state index contributed by atoms with van der Waals surface area (Å²) in [5.74, 6) is -0.494. The molecule has 0 spiro atoms. The number of carbonyl (C=O) groups excluding carboxylic acids is 2. The van der Waals surface area contributed by atoms with E-state index in [4.69, 9.17) is 5.21 Å². The van der Waals surface area contributed by atoms with E-state index < -0.39 is 5.91 Å². The summed E-state index contributed by atoms with van der Waals surface area (Å²) in [5.41, 5.74) is 3.94. The maximum atomic E-state index is 13.2. The van der Waals surface area contributed by atoms with Gasteiger partial charge < -0.3 is 5.32 Å². The number of rotatable bonds is 6. The second-order valence-electron chi connectivity index (χ2n) is 6.82. The van der Waals surface area contributed by atoms with E-state index in [9.17, 15) is 9.59 Å². The van der Waals surface area contributed by atoms with Crippen LogP contribution in [-0.4, -0.2) is 17.0 Å². The van der Waals surface area contributed by atoms with Crippen LogP contribution in [-0.2, 0) is 9.59 Å². The second kappa shape index (κ2) is 9.14. The Bertz CT molecular complexity index is 811. The summed E-state index contributed by atoms with van der Waals surface area (Å²) < 4.78 is 0. The van der Waals surface area contributed by atoms with E-state index in [0.29, 0.717) is 17.2 Å². The Kier molecular flexibility index (Phi) is 6.39. The van der Waals surface area contributed by atoms with Gasteiger partial charge in [0.25, 0.3) is 5.91 Å². The Morgan fingerprint density at radius 3 is 2.37 bits per heavy atom. The van der Waals surface area contributed by atoms with Gasteiger partial charge in [-0.1, -0.05) is 61.4 Å². The van der Waals surface area contributed by atoms with Gasteiger partial charge in [-0.15, -0.1) is 0 Å². The van der Waals surface area contributed by atoms with Crippen LogP contribution in [0.15, 0.2) is 60.7 Å². The molecule has 1 unspecified atom stereocenters. The minimum Gasteiger partial charge on any atom is -0.325 e. The van der Waals surface area contributed by atoms with Crippen molar-refractivity contribution in [1.29, 1.82) is 0 Å². The van der Waals surface area contributed by atoms with Crippen LogP contribution in [0.5, 0.6) is 0 Å². The van der Waals surface area contributed by atoms with Crippen LogP contribution in [0.25, 0.3) is 6.08 Å². The minimum absolute atomic E-state index is 0.0273. The molecule has 2 aromatic rings. The van der Waals surface area contributed by atoms with Gasteiger partial charge in [0.05, 0.1) is 5.92 Å². The van der Waals surface area contributed by atoms with Crippen LogP contribution in [0.4, 0.5) is 5.69 Å². The summed E-state index contributed by atoms with van der Waals surface area (Å²) >= 11 is 0. The van der Waals surface area contributed by atoms with Gasteiger partial charge in [0.1, 0.15) is 0 Å². The monoisotopic (exact) mass is 364 g/mol. The van der Waals surface area contributed by atoms with Crippen molar-refractivity contribution in [2.75, 3.05) is 5.32 Å². The van der Waals surface area contributed by atoms with Gasteiger partial charge in [-0.2, -0.15) is 0 Å². The van der Waals surface area contributed by atoms with Crippen LogP contribution < -0.4 is 10.8 Å². The molecule has 0 radical (unpaired) electrons. The van der Waals surface area contributed by atoms with E-state index >= 15 is 0 Å². The van der Waals surface area contributed by atoms with Gasteiger partial charge in [-0.05, 0) is 42.0 Å². The predicted molar refractivity (Wildman–Crippen MR) is 105 cm³/mol. The van der Waals surface area contributed by atoms with E-state index in [-0.39, 0.29) is 11.8 Å². The molecule has 1 aliphatic carbocycles. The van der Waals surface area contributed by atoms with Gasteiger partial charge >= 0.3 is 0 Å². The minimum atomic E-state index is -0.621. The Hall–Kier alpha value is -2.92. The van der Waals surface area contributed by atoms with Crippen LogP contribution in [0.1, 0.15) is 42.7 Å². The van der Waals surface area contributed by atoms with Crippen molar-refractivity contribution >= 4 is 23.6 Å². The fourth-order valence-electron chi connectivity index (χ4n) is 3.76. The normalized spacial score (nSPS) is 15.6. The number of carbonyl (C=O) groups is 2. The van der Waals surface area contributed by atoms with E-state index in [1.807, 2.05) is 54.6 Å². The molecule has 1 aliphatic rings. The van der Waals surface area contributed by atoms with Gasteiger partial charge in [0, 0.05) is 11.8 Å². The number of hydrogen-bond acceptors (Lipinski definition) is 3. The zero-order valence-corrected chi connectivity index (χ0v) is 15.1. The van der Waals surface area contributed by atoms with Crippen molar-refractivity contribution < 1.29 is 14.8 Å². The van der Waals surface area contributed by atoms with Crippen molar-refractivity contribution in [1.82, 2.24) is 5.48 Å². The maximum absolute atomic E-state index is 13.2. The van der Waals surface area contributed by atoms with Crippen LogP contribution >= 0.6 is 0 Å². The zero-order valence-electron chi connectivity index (χ0n) is 15.1. The molecule has 27 heavy (non-hydrogen) atoms. The lowest BCUT2D eigenvalue weighted by Gasteiger charge is -2.23. The molecule has 2 aromatic carbocycles. The number of hydroxylamine groups is 1. The highest BCUT2D eigenvalue weighted by atomic mass is 16.5. The molecular formula is C22H24N2O3. The Labute approximate surface area is 159 Å². The average Bonchev–Trinajstić information content (AvgIpc) is 3.22. The third-order valence-corrected chi connectivity index (χ3v) is 5.06. The van der Waals surface area contributed by atoms with Gasteiger partial charge in [0.2, 0.25) is 5.91 Å². The molecule has 0 heterocycles. The molecular weight excluding hydrogens is 340 g/mol. The summed E-state index contributed by atoms with van der Waals surface area (Å²) in [6.45, 7) is 0. The Morgan fingerprint density at radius 1 is 1.00 bits per heavy atom. The summed E-state index contributed by atoms with van der Waals surface area (Å²) in [6.07, 6.45) is 7.23. The summed E-state index contributed by atoms with van der Waals surface area (Å²) in [5, 5.41) is 11.7. The Balaban J connectivity index is 1.84. The first-order valence-corrected chi connectivity index (χ1v) is 9.26. The second-order valence-corrected chi connectivity index (χ2v) is 6.82. The topological polar surface area (TPSA) is 78.4 Å². The molecule has 0 bridgehead atoms. The highest BCUT2D eigenvalue weighted by Gasteiger charge is 2.32. The first-order valence-electron chi connectivity index (χ1n) is 9.26. The van der Waals surface area contributed by atoms with Gasteiger partial charge in [-0.25, -0.2) is 5.48 Å². The van der Waals surface area contributed by atoms with E-state index in [2.05, 4.69) is 5.32 Å². The SMILES string of the molecule is O=C(C=Cc1ccccc1NC(=O)C(c1ccccc1)C1CCCC1)NO. The molecule has 2 amide bonds. The molecule has 5 heteroatoms. The quantitative estimate of drug-likeness (QED) is 0.410. The number of hydrogen-bond donors (Lipinski definition) is 3. The Morgan fingerprint density at radius 2 is 1.67 bits per heavy atom. The van der Waals surface area contributed by atoms with E-state index in [1.165, 1.54) is 6.08 Å². The molecule has 5 nitrogen and oxygen atoms in total. The van der Waals surface area contributed by atoms with Gasteiger partial charge in [0.15, 0.2) is 0 Å². The molecule has 3 rings (SSSR count). The van der Waals surface area contributed by atoms with E-state index in [1.54, 1.807) is 11.6 Å². The number of anilines is 1. The molecule has 3 N–H and O–H groups in total. The average molecular weight is 364 g/mol. The lowest BCUT2D eigenvalue weighted by atomic mass is 9.84. The zero-order chi connectivity index (χ0) is 19.1. The third-order valence-electron chi connectivity index (χ3n) is 5.06. The molecule has 1 fully saturated rings. The van der Waals surface area contributed by atoms with Crippen molar-refractivity contribution in [2.45, 2.75) is 31.6 Å². The van der Waals surface area contributed by atoms with Crippen LogP contribution in [0.2, 0.25) is 0 Å². The summed E-state index contributed by atoms with van der Waals surface area (Å²) in [6, 6.07) is 17.2. The van der Waals surface area contributed by atoms with Crippen LogP contribution in [0, 0.1) is 5.92 Å². The van der Waals surface area contributed by atoms with E-state index in [0.717, 1.165) is 31.2 Å². The predicted octanol–water partition coefficient (Wildman–Crippen LogP) is 4.12. The largest absolute Gasteiger partial charge is 0.325 e. The van der Waals surface area contributed by atoms with Crippen LogP contribution in [0.3, 0.4) is 0 Å². The first-order chi connectivity index (χ1) is 13.2. The smallest absolute Gasteiger partial charge is 0.267 e. The number of benzene rings is 2. The molecule has 1 atom stereocenters. The number of nitrogens with one attached hydrogen (secondary N) is 2. The molecule has 0 aliphatic heterocycles. The lowest BCUT2D eigenvalue weighted by molar-refractivity contribution is -0.124. The lowest BCUT2D eigenvalue weighted by Crippen LogP contribution is -2.26. The summed E-state index contributed by atoms with van der Waals surface area (Å²) in [7, 11) is 0. The molecule has 1 saturated carbocycles. The highest BCUT2D eigenvalue weighted by molar-refractivity contribution is 5.99.